The topological polar surface area (TPSA) is 87.0 Å². The average Bonchev–Trinajstić information content (AvgIpc) is 3.11. The predicted molar refractivity (Wildman–Crippen MR) is 140 cm³/mol. The van der Waals surface area contributed by atoms with Crippen LogP contribution in [0.3, 0.4) is 0 Å². The molecular formula is C30H34N4O2. The van der Waals surface area contributed by atoms with Crippen LogP contribution in [0.25, 0.3) is 11.1 Å². The number of hydrogen-bond donors (Lipinski definition) is 0. The second-order valence-corrected chi connectivity index (χ2v) is 10.00. The highest BCUT2D eigenvalue weighted by Gasteiger charge is 2.38. The molecule has 1 saturated carbocycles. The van der Waals surface area contributed by atoms with Crippen LogP contribution < -0.4 is 0 Å². The monoisotopic (exact) mass is 482 g/mol. The number of aryl methyl sites for hydroxylation is 1. The highest BCUT2D eigenvalue weighted by molar-refractivity contribution is 5.93. The van der Waals surface area contributed by atoms with Gasteiger partial charge in [-0.2, -0.15) is 5.26 Å². The van der Waals surface area contributed by atoms with E-state index in [0.29, 0.717) is 29.7 Å². The van der Waals surface area contributed by atoms with Crippen molar-refractivity contribution in [2.45, 2.75) is 58.8 Å². The lowest BCUT2D eigenvalue weighted by Crippen LogP contribution is -2.32. The third-order valence-electron chi connectivity index (χ3n) is 7.71. The molecule has 2 heterocycles. The number of benzene rings is 1. The molecule has 2 fully saturated rings. The molecule has 1 amide bonds. The number of nitrogens with zero attached hydrogens (tertiary/aromatic N) is 4. The van der Waals surface area contributed by atoms with Gasteiger partial charge in [0.15, 0.2) is 5.69 Å². The third kappa shape index (κ3) is 5.46. The standard InChI is InChI=1S/C30H34N4O2/c1-4-5-8-20(2)30(36)34-13-7-11-22(12-14-34)25-16-26(28(35)17-25)23-9-6-10-24(15-23)29-21(3)32-19-33-27(29)18-31/h4-6,8-10,15,19,22,25-26H,7,11-14,16-17H2,1-3H3. The number of allylic oxidation sites excluding steroid dienone is 3. The van der Waals surface area contributed by atoms with Crippen molar-refractivity contribution in [2.24, 2.45) is 11.8 Å². The summed E-state index contributed by atoms with van der Waals surface area (Å²) in [6.07, 6.45) is 11.5. The molecule has 1 aliphatic heterocycles. The molecule has 36 heavy (non-hydrogen) atoms. The zero-order valence-electron chi connectivity index (χ0n) is 21.4. The van der Waals surface area contributed by atoms with Crippen LogP contribution in [0.5, 0.6) is 0 Å². The number of likely N-dealkylation sites (tertiary alicyclic amines) is 1. The van der Waals surface area contributed by atoms with Crippen LogP contribution in [0.1, 0.15) is 68.8 Å². The lowest BCUT2D eigenvalue weighted by molar-refractivity contribution is -0.127. The Hall–Kier alpha value is -3.59. The molecular weight excluding hydrogens is 448 g/mol. The van der Waals surface area contributed by atoms with Crippen molar-refractivity contribution in [3.8, 4) is 17.2 Å². The van der Waals surface area contributed by atoms with Gasteiger partial charge in [0.2, 0.25) is 5.91 Å². The Labute approximate surface area is 213 Å². The van der Waals surface area contributed by atoms with Crippen molar-refractivity contribution < 1.29 is 9.59 Å². The molecule has 1 aromatic carbocycles. The summed E-state index contributed by atoms with van der Waals surface area (Å²) in [5.41, 5.74) is 4.48. The van der Waals surface area contributed by atoms with Gasteiger partial charge in [-0.15, -0.1) is 0 Å². The number of aromatic nitrogens is 2. The second-order valence-electron chi connectivity index (χ2n) is 10.00. The lowest BCUT2D eigenvalue weighted by atomic mass is 9.84. The van der Waals surface area contributed by atoms with E-state index >= 15 is 0 Å². The Morgan fingerprint density at radius 2 is 2.03 bits per heavy atom. The number of ketones is 1. The van der Waals surface area contributed by atoms with Gasteiger partial charge in [-0.1, -0.05) is 42.5 Å². The van der Waals surface area contributed by atoms with E-state index in [9.17, 15) is 14.9 Å². The Morgan fingerprint density at radius 1 is 1.19 bits per heavy atom. The van der Waals surface area contributed by atoms with Gasteiger partial charge in [0.05, 0.1) is 0 Å². The van der Waals surface area contributed by atoms with Crippen molar-refractivity contribution in [1.29, 1.82) is 5.26 Å². The zero-order valence-corrected chi connectivity index (χ0v) is 21.4. The fraction of sp³-hybridized carbons (Fsp3) is 0.433. The lowest BCUT2D eigenvalue weighted by Gasteiger charge is -2.23. The molecule has 0 radical (unpaired) electrons. The van der Waals surface area contributed by atoms with Crippen molar-refractivity contribution in [3.63, 3.8) is 0 Å². The molecule has 6 nitrogen and oxygen atoms in total. The van der Waals surface area contributed by atoms with Crippen molar-refractivity contribution in [1.82, 2.24) is 14.9 Å². The van der Waals surface area contributed by atoms with E-state index in [4.69, 9.17) is 0 Å². The van der Waals surface area contributed by atoms with Crippen LogP contribution >= 0.6 is 0 Å². The maximum atomic E-state index is 13.2. The minimum atomic E-state index is -0.127. The summed E-state index contributed by atoms with van der Waals surface area (Å²) in [6.45, 7) is 7.22. The first-order valence-corrected chi connectivity index (χ1v) is 12.9. The smallest absolute Gasteiger partial charge is 0.249 e. The van der Waals surface area contributed by atoms with Gasteiger partial charge in [0.25, 0.3) is 0 Å². The molecule has 2 aliphatic rings. The summed E-state index contributed by atoms with van der Waals surface area (Å²) in [7, 11) is 0. The molecule has 2 aromatic rings. The SMILES string of the molecule is CC=CC=C(C)C(=O)N1CCCC(C2CC(=O)C(c3cccc(-c4c(C)ncnc4C#N)c3)C2)CC1. The van der Waals surface area contributed by atoms with E-state index in [1.54, 1.807) is 0 Å². The van der Waals surface area contributed by atoms with Gasteiger partial charge >= 0.3 is 0 Å². The number of Topliss-reactive ketones (excluding diaryl/α,β-unsaturated/α-hetero) is 1. The molecule has 6 heteroatoms. The van der Waals surface area contributed by atoms with Crippen LogP contribution in [0, 0.1) is 30.1 Å². The minimum Gasteiger partial charge on any atom is -0.339 e. The summed E-state index contributed by atoms with van der Waals surface area (Å²) in [5.74, 6) is 1.08. The molecule has 1 saturated heterocycles. The number of carbonyl (C=O) groups is 2. The van der Waals surface area contributed by atoms with E-state index in [0.717, 1.165) is 66.7 Å². The Kier molecular flexibility index (Phi) is 8.10. The molecule has 1 aliphatic carbocycles. The molecule has 3 atom stereocenters. The Morgan fingerprint density at radius 3 is 2.81 bits per heavy atom. The number of carbonyl (C=O) groups excluding carboxylic acids is 2. The number of amides is 1. The maximum absolute atomic E-state index is 13.2. The van der Waals surface area contributed by atoms with Crippen LogP contribution in [0.15, 0.2) is 54.4 Å². The second kappa shape index (κ2) is 11.4. The van der Waals surface area contributed by atoms with E-state index < -0.39 is 0 Å². The van der Waals surface area contributed by atoms with Gasteiger partial charge in [0, 0.05) is 42.3 Å². The fourth-order valence-electron chi connectivity index (χ4n) is 5.77. The average molecular weight is 483 g/mol. The van der Waals surface area contributed by atoms with Gasteiger partial charge in [0.1, 0.15) is 18.2 Å². The number of rotatable bonds is 5. The first-order chi connectivity index (χ1) is 17.4. The van der Waals surface area contributed by atoms with Gasteiger partial charge < -0.3 is 4.90 Å². The molecule has 3 unspecified atom stereocenters. The summed E-state index contributed by atoms with van der Waals surface area (Å²) < 4.78 is 0. The van der Waals surface area contributed by atoms with Gasteiger partial charge in [-0.25, -0.2) is 9.97 Å². The highest BCUT2D eigenvalue weighted by atomic mass is 16.2. The van der Waals surface area contributed by atoms with Crippen LogP contribution in [0.2, 0.25) is 0 Å². The maximum Gasteiger partial charge on any atom is 0.249 e. The van der Waals surface area contributed by atoms with Crippen molar-refractivity contribution in [3.05, 3.63) is 71.3 Å². The van der Waals surface area contributed by atoms with E-state index in [-0.39, 0.29) is 11.8 Å². The molecule has 186 valence electrons. The van der Waals surface area contributed by atoms with E-state index in [1.807, 2.05) is 68.2 Å². The number of hydrogen-bond acceptors (Lipinski definition) is 5. The zero-order chi connectivity index (χ0) is 25.7. The summed E-state index contributed by atoms with van der Waals surface area (Å²) in [5, 5.41) is 9.53. The summed E-state index contributed by atoms with van der Waals surface area (Å²) in [4.78, 5) is 36.4. The van der Waals surface area contributed by atoms with Crippen LogP contribution in [-0.2, 0) is 9.59 Å². The largest absolute Gasteiger partial charge is 0.339 e. The fourth-order valence-corrected chi connectivity index (χ4v) is 5.77. The van der Waals surface area contributed by atoms with E-state index in [2.05, 4.69) is 16.0 Å². The summed E-state index contributed by atoms with van der Waals surface area (Å²) >= 11 is 0. The van der Waals surface area contributed by atoms with Crippen molar-refractivity contribution >= 4 is 11.7 Å². The first-order valence-electron chi connectivity index (χ1n) is 12.9. The van der Waals surface area contributed by atoms with Crippen molar-refractivity contribution in [2.75, 3.05) is 13.1 Å². The summed E-state index contributed by atoms with van der Waals surface area (Å²) in [6, 6.07) is 10.1. The Balaban J connectivity index is 1.47. The predicted octanol–water partition coefficient (Wildman–Crippen LogP) is 5.54. The third-order valence-corrected chi connectivity index (χ3v) is 7.71. The van der Waals surface area contributed by atoms with E-state index in [1.165, 1.54) is 6.33 Å². The number of nitriles is 1. The first kappa shape index (κ1) is 25.5. The molecule has 1 aromatic heterocycles. The minimum absolute atomic E-state index is 0.114. The Bertz CT molecular complexity index is 1240. The molecule has 4 rings (SSSR count). The molecule has 0 N–H and O–H groups in total. The normalized spacial score (nSPS) is 23.1. The van der Waals surface area contributed by atoms with Crippen LogP contribution in [0.4, 0.5) is 0 Å². The highest BCUT2D eigenvalue weighted by Crippen LogP contribution is 2.43. The van der Waals surface area contributed by atoms with Gasteiger partial charge in [-0.05, 0) is 69.4 Å². The molecule has 0 spiro atoms. The van der Waals surface area contributed by atoms with Gasteiger partial charge in [-0.3, -0.25) is 9.59 Å². The molecule has 0 bridgehead atoms. The quantitative estimate of drug-likeness (QED) is 0.413. The van der Waals surface area contributed by atoms with Crippen LogP contribution in [-0.4, -0.2) is 39.6 Å².